The Labute approximate surface area is 130 Å². The number of nitrogens with one attached hydrogen (secondary N) is 2. The molecule has 0 saturated heterocycles. The number of benzene rings is 2. The molecule has 0 fully saturated rings. The van der Waals surface area contributed by atoms with E-state index in [0.29, 0.717) is 18.3 Å². The molecule has 2 N–H and O–H groups in total. The summed E-state index contributed by atoms with van der Waals surface area (Å²) in [7, 11) is 0. The minimum absolute atomic E-state index is 0.253. The molecule has 5 rings (SSSR count). The Morgan fingerprint density at radius 1 is 1.09 bits per heavy atom. The van der Waals surface area contributed by atoms with Crippen LogP contribution in [-0.2, 0) is 6.54 Å². The molecule has 0 aliphatic carbocycles. The molecule has 0 saturated carbocycles. The Bertz CT molecular complexity index is 1010. The number of rotatable bonds is 3. The number of ether oxygens (including phenoxy) is 2. The van der Waals surface area contributed by atoms with Crippen LogP contribution in [0.5, 0.6) is 11.5 Å². The summed E-state index contributed by atoms with van der Waals surface area (Å²) >= 11 is 0. The Kier molecular flexibility index (Phi) is 2.49. The lowest BCUT2D eigenvalue weighted by molar-refractivity contribution is 0.174. The molecule has 7 heteroatoms. The molecule has 4 aromatic rings. The minimum atomic E-state index is 0.253. The van der Waals surface area contributed by atoms with Gasteiger partial charge in [0.15, 0.2) is 11.5 Å². The van der Waals surface area contributed by atoms with Crippen molar-refractivity contribution in [3.63, 3.8) is 0 Å². The molecule has 0 bridgehead atoms. The molecule has 0 spiro atoms. The third kappa shape index (κ3) is 1.97. The van der Waals surface area contributed by atoms with Crippen molar-refractivity contribution in [2.45, 2.75) is 6.54 Å². The van der Waals surface area contributed by atoms with Gasteiger partial charge in [0, 0.05) is 18.7 Å². The van der Waals surface area contributed by atoms with Crippen molar-refractivity contribution >= 4 is 22.8 Å². The van der Waals surface area contributed by atoms with Gasteiger partial charge in [0.05, 0.1) is 11.0 Å². The summed E-state index contributed by atoms with van der Waals surface area (Å²) in [6, 6.07) is 14.0. The molecule has 3 heterocycles. The second-order valence-corrected chi connectivity index (χ2v) is 5.35. The van der Waals surface area contributed by atoms with Gasteiger partial charge in [-0.2, -0.15) is 4.98 Å². The standard InChI is InChI=1S/C16H13N5O2/c1-2-4-10(5-3-1)8-17-15-19-16-18-11-6-13-14(23-9-22-13)7-12(11)21(16)20-15/h1-7H,8-9H2,(H2,17,18,19,20). The quantitative estimate of drug-likeness (QED) is 0.608. The van der Waals surface area contributed by atoms with E-state index in [1.165, 1.54) is 5.56 Å². The van der Waals surface area contributed by atoms with Crippen LogP contribution in [0.3, 0.4) is 0 Å². The third-order valence-electron chi connectivity index (χ3n) is 3.86. The normalized spacial score (nSPS) is 13.0. The maximum Gasteiger partial charge on any atom is 0.253 e. The van der Waals surface area contributed by atoms with Gasteiger partial charge in [-0.1, -0.05) is 30.3 Å². The number of aromatic nitrogens is 4. The van der Waals surface area contributed by atoms with E-state index in [1.807, 2.05) is 34.8 Å². The number of fused-ring (bicyclic) bond motifs is 4. The maximum absolute atomic E-state index is 5.42. The molecule has 2 aromatic heterocycles. The molecule has 2 aromatic carbocycles. The zero-order valence-electron chi connectivity index (χ0n) is 12.1. The van der Waals surface area contributed by atoms with Crippen molar-refractivity contribution in [2.24, 2.45) is 0 Å². The fourth-order valence-corrected chi connectivity index (χ4v) is 2.73. The second kappa shape index (κ2) is 4.64. The van der Waals surface area contributed by atoms with E-state index in [9.17, 15) is 0 Å². The monoisotopic (exact) mass is 307 g/mol. The van der Waals surface area contributed by atoms with Crippen LogP contribution in [0.2, 0.25) is 0 Å². The van der Waals surface area contributed by atoms with Gasteiger partial charge in [0.2, 0.25) is 12.7 Å². The van der Waals surface area contributed by atoms with Crippen molar-refractivity contribution in [3.05, 3.63) is 48.0 Å². The highest BCUT2D eigenvalue weighted by Gasteiger charge is 2.18. The van der Waals surface area contributed by atoms with E-state index in [2.05, 4.69) is 32.5 Å². The minimum Gasteiger partial charge on any atom is -0.454 e. The van der Waals surface area contributed by atoms with Crippen LogP contribution in [-0.4, -0.2) is 26.4 Å². The number of aromatic amines is 1. The second-order valence-electron chi connectivity index (χ2n) is 5.35. The Morgan fingerprint density at radius 3 is 2.78 bits per heavy atom. The Hall–Kier alpha value is -3.22. The average molecular weight is 307 g/mol. The fraction of sp³-hybridized carbons (Fsp3) is 0.125. The van der Waals surface area contributed by atoms with E-state index in [0.717, 1.165) is 22.5 Å². The van der Waals surface area contributed by atoms with Gasteiger partial charge >= 0.3 is 0 Å². The maximum atomic E-state index is 5.42. The summed E-state index contributed by atoms with van der Waals surface area (Å²) in [5.74, 6) is 2.74. The van der Waals surface area contributed by atoms with E-state index in [1.54, 1.807) is 0 Å². The molecule has 23 heavy (non-hydrogen) atoms. The summed E-state index contributed by atoms with van der Waals surface area (Å²) < 4.78 is 12.6. The largest absolute Gasteiger partial charge is 0.454 e. The number of nitrogens with zero attached hydrogens (tertiary/aromatic N) is 3. The smallest absolute Gasteiger partial charge is 0.253 e. The number of hydrogen-bond donors (Lipinski definition) is 2. The number of anilines is 1. The lowest BCUT2D eigenvalue weighted by Crippen LogP contribution is -2.01. The van der Waals surface area contributed by atoms with Crippen molar-refractivity contribution in [2.75, 3.05) is 12.1 Å². The SMILES string of the molecule is c1ccc(CNc2nc3nc4cc5c(cc4n3[nH]2)OCO5)cc1. The molecular weight excluding hydrogens is 294 g/mol. The first kappa shape index (κ1) is 12.3. The van der Waals surface area contributed by atoms with Crippen molar-refractivity contribution in [3.8, 4) is 11.5 Å². The first-order valence-corrected chi connectivity index (χ1v) is 7.32. The van der Waals surface area contributed by atoms with E-state index < -0.39 is 0 Å². The first-order valence-electron chi connectivity index (χ1n) is 7.32. The molecule has 1 aliphatic heterocycles. The summed E-state index contributed by atoms with van der Waals surface area (Å²) in [5.41, 5.74) is 2.92. The van der Waals surface area contributed by atoms with Crippen molar-refractivity contribution in [1.29, 1.82) is 0 Å². The number of hydrogen-bond acceptors (Lipinski definition) is 5. The molecular formula is C16H13N5O2. The lowest BCUT2D eigenvalue weighted by Gasteiger charge is -2.02. The van der Waals surface area contributed by atoms with Crippen LogP contribution in [0.15, 0.2) is 42.5 Å². The van der Waals surface area contributed by atoms with E-state index >= 15 is 0 Å². The number of H-pyrrole nitrogens is 1. The molecule has 0 radical (unpaired) electrons. The van der Waals surface area contributed by atoms with Gasteiger partial charge in [-0.15, -0.1) is 0 Å². The molecule has 0 atom stereocenters. The summed E-state index contributed by atoms with van der Waals surface area (Å²) in [5, 5.41) is 6.49. The highest BCUT2D eigenvalue weighted by atomic mass is 16.7. The lowest BCUT2D eigenvalue weighted by atomic mass is 10.2. The van der Waals surface area contributed by atoms with Crippen LogP contribution in [0.4, 0.5) is 5.95 Å². The molecule has 7 nitrogen and oxygen atoms in total. The zero-order chi connectivity index (χ0) is 15.2. The Morgan fingerprint density at radius 2 is 1.91 bits per heavy atom. The fourth-order valence-electron chi connectivity index (χ4n) is 2.73. The van der Waals surface area contributed by atoms with Gasteiger partial charge in [-0.05, 0) is 5.56 Å². The van der Waals surface area contributed by atoms with Gasteiger partial charge < -0.3 is 14.8 Å². The average Bonchev–Trinajstić information content (AvgIpc) is 3.25. The predicted octanol–water partition coefficient (Wildman–Crippen LogP) is 2.55. The van der Waals surface area contributed by atoms with Crippen LogP contribution in [0.1, 0.15) is 5.56 Å². The Balaban J connectivity index is 1.50. The van der Waals surface area contributed by atoms with Gasteiger partial charge in [0.25, 0.3) is 5.78 Å². The van der Waals surface area contributed by atoms with E-state index in [4.69, 9.17) is 9.47 Å². The topological polar surface area (TPSA) is 76.5 Å². The summed E-state index contributed by atoms with van der Waals surface area (Å²) in [6.45, 7) is 0.949. The van der Waals surface area contributed by atoms with Crippen LogP contribution >= 0.6 is 0 Å². The van der Waals surface area contributed by atoms with Gasteiger partial charge in [0.1, 0.15) is 0 Å². The van der Waals surface area contributed by atoms with Gasteiger partial charge in [-0.3, -0.25) is 5.10 Å². The summed E-state index contributed by atoms with van der Waals surface area (Å²) in [4.78, 5) is 8.99. The van der Waals surface area contributed by atoms with Gasteiger partial charge in [-0.25, -0.2) is 9.50 Å². The first-order chi connectivity index (χ1) is 11.4. The van der Waals surface area contributed by atoms with Crippen molar-refractivity contribution < 1.29 is 9.47 Å². The zero-order valence-corrected chi connectivity index (χ0v) is 12.1. The predicted molar refractivity (Wildman–Crippen MR) is 84.7 cm³/mol. The molecule has 0 unspecified atom stereocenters. The highest BCUT2D eigenvalue weighted by Crippen LogP contribution is 2.35. The van der Waals surface area contributed by atoms with E-state index in [-0.39, 0.29) is 6.79 Å². The van der Waals surface area contributed by atoms with Crippen molar-refractivity contribution in [1.82, 2.24) is 19.6 Å². The molecule has 0 amide bonds. The highest BCUT2D eigenvalue weighted by molar-refractivity contribution is 5.83. The number of imidazole rings is 1. The van der Waals surface area contributed by atoms with Crippen LogP contribution in [0.25, 0.3) is 16.8 Å². The van der Waals surface area contributed by atoms with Crippen LogP contribution < -0.4 is 14.8 Å². The van der Waals surface area contributed by atoms with Crippen LogP contribution in [0, 0.1) is 0 Å². The third-order valence-corrected chi connectivity index (χ3v) is 3.86. The molecule has 1 aliphatic rings. The summed E-state index contributed by atoms with van der Waals surface area (Å²) in [6.07, 6.45) is 0. The molecule has 114 valence electrons.